The van der Waals surface area contributed by atoms with E-state index < -0.39 is 0 Å². The van der Waals surface area contributed by atoms with Gasteiger partial charge in [-0.2, -0.15) is 0 Å². The molecule has 0 spiro atoms. The fourth-order valence-corrected chi connectivity index (χ4v) is 4.15. The highest BCUT2D eigenvalue weighted by atomic mass is 19.1. The van der Waals surface area contributed by atoms with Gasteiger partial charge in [-0.1, -0.05) is 6.07 Å². The summed E-state index contributed by atoms with van der Waals surface area (Å²) in [6.07, 6.45) is 4.88. The van der Waals surface area contributed by atoms with E-state index in [1.165, 1.54) is 18.9 Å². The number of fused-ring (bicyclic) bond motifs is 2. The molecule has 2 heterocycles. The van der Waals surface area contributed by atoms with Crippen molar-refractivity contribution in [1.82, 2.24) is 10.3 Å². The van der Waals surface area contributed by atoms with Gasteiger partial charge in [-0.3, -0.25) is 11.3 Å². The molecule has 4 heteroatoms. The first-order chi connectivity index (χ1) is 9.60. The highest BCUT2D eigenvalue weighted by Gasteiger charge is 2.41. The van der Waals surface area contributed by atoms with Crippen LogP contribution < -0.4 is 11.3 Å². The number of rotatable bonds is 3. The normalized spacial score (nSPS) is 31.5. The Labute approximate surface area is 120 Å². The second kappa shape index (κ2) is 5.43. The second-order valence-electron chi connectivity index (χ2n) is 6.43. The van der Waals surface area contributed by atoms with Crippen LogP contribution in [0.4, 0.5) is 4.39 Å². The standard InChI is InChI=1S/C16H24FN3/c1-10-3-4-12(17)9-15(10)16(19-18)11-7-13-5-6-14(8-11)20(13)2/h3-4,9,11,13-14,16,19H,5-8,18H2,1-2H3. The largest absolute Gasteiger partial charge is 0.300 e. The molecule has 0 amide bonds. The smallest absolute Gasteiger partial charge is 0.123 e. The van der Waals surface area contributed by atoms with E-state index in [1.807, 2.05) is 13.0 Å². The van der Waals surface area contributed by atoms with Crippen molar-refractivity contribution >= 4 is 0 Å². The molecular weight excluding hydrogens is 253 g/mol. The summed E-state index contributed by atoms with van der Waals surface area (Å²) in [5.74, 6) is 6.13. The van der Waals surface area contributed by atoms with E-state index in [2.05, 4.69) is 17.4 Å². The third-order valence-electron chi connectivity index (χ3n) is 5.36. The van der Waals surface area contributed by atoms with Crippen LogP contribution in [0.2, 0.25) is 0 Å². The summed E-state index contributed by atoms with van der Waals surface area (Å²) in [7, 11) is 2.23. The average molecular weight is 277 g/mol. The van der Waals surface area contributed by atoms with Crippen LogP contribution in [0.15, 0.2) is 18.2 Å². The molecule has 2 bridgehead atoms. The summed E-state index contributed by atoms with van der Waals surface area (Å²) < 4.78 is 13.6. The van der Waals surface area contributed by atoms with Gasteiger partial charge in [0.15, 0.2) is 0 Å². The Morgan fingerprint density at radius 3 is 2.55 bits per heavy atom. The van der Waals surface area contributed by atoms with Crippen LogP contribution in [-0.2, 0) is 0 Å². The van der Waals surface area contributed by atoms with Gasteiger partial charge >= 0.3 is 0 Å². The number of hydrazine groups is 1. The molecule has 0 aromatic heterocycles. The summed E-state index contributed by atoms with van der Waals surface area (Å²) in [6.45, 7) is 2.03. The van der Waals surface area contributed by atoms with E-state index in [0.29, 0.717) is 18.0 Å². The van der Waals surface area contributed by atoms with Gasteiger partial charge in [0.05, 0.1) is 0 Å². The summed E-state index contributed by atoms with van der Waals surface area (Å²) in [4.78, 5) is 2.52. The fraction of sp³-hybridized carbons (Fsp3) is 0.625. The zero-order chi connectivity index (χ0) is 14.3. The van der Waals surface area contributed by atoms with Gasteiger partial charge in [-0.15, -0.1) is 0 Å². The molecule has 1 aromatic carbocycles. The maximum atomic E-state index is 13.6. The number of hydrogen-bond donors (Lipinski definition) is 2. The Kier molecular flexibility index (Phi) is 3.80. The molecule has 2 aliphatic heterocycles. The molecule has 0 radical (unpaired) electrons. The molecular formula is C16H24FN3. The Balaban J connectivity index is 1.85. The quantitative estimate of drug-likeness (QED) is 0.659. The number of piperidine rings is 1. The maximum Gasteiger partial charge on any atom is 0.123 e. The van der Waals surface area contributed by atoms with Crippen molar-refractivity contribution in [2.75, 3.05) is 7.05 Å². The lowest BCUT2D eigenvalue weighted by molar-refractivity contribution is 0.112. The lowest BCUT2D eigenvalue weighted by atomic mass is 9.81. The van der Waals surface area contributed by atoms with E-state index in [4.69, 9.17) is 5.84 Å². The van der Waals surface area contributed by atoms with E-state index in [-0.39, 0.29) is 11.9 Å². The Hall–Kier alpha value is -0.970. The van der Waals surface area contributed by atoms with Crippen LogP contribution in [0.1, 0.15) is 42.9 Å². The third kappa shape index (κ3) is 2.36. The lowest BCUT2D eigenvalue weighted by Crippen LogP contribution is -2.45. The van der Waals surface area contributed by atoms with Crippen molar-refractivity contribution in [3.8, 4) is 0 Å². The van der Waals surface area contributed by atoms with E-state index in [9.17, 15) is 4.39 Å². The molecule has 1 aromatic rings. The van der Waals surface area contributed by atoms with Crippen molar-refractivity contribution < 1.29 is 4.39 Å². The monoisotopic (exact) mass is 277 g/mol. The topological polar surface area (TPSA) is 41.3 Å². The number of nitrogens with zero attached hydrogens (tertiary/aromatic N) is 1. The SMILES string of the molecule is Cc1ccc(F)cc1C(NN)C1CC2CCC(C1)N2C. The maximum absolute atomic E-state index is 13.6. The van der Waals surface area contributed by atoms with Gasteiger partial charge in [-0.05, 0) is 68.8 Å². The van der Waals surface area contributed by atoms with Gasteiger partial charge in [0.2, 0.25) is 0 Å². The number of halogens is 1. The third-order valence-corrected chi connectivity index (χ3v) is 5.36. The highest BCUT2D eigenvalue weighted by Crippen LogP contribution is 2.42. The summed E-state index contributed by atoms with van der Waals surface area (Å²) in [5, 5.41) is 0. The Morgan fingerprint density at radius 2 is 1.95 bits per heavy atom. The lowest BCUT2D eigenvalue weighted by Gasteiger charge is -2.40. The van der Waals surface area contributed by atoms with Gasteiger partial charge in [0.25, 0.3) is 0 Å². The highest BCUT2D eigenvalue weighted by molar-refractivity contribution is 5.30. The minimum absolute atomic E-state index is 0.0579. The second-order valence-corrected chi connectivity index (χ2v) is 6.43. The van der Waals surface area contributed by atoms with Crippen molar-refractivity contribution in [2.45, 2.75) is 50.7 Å². The first-order valence-corrected chi connectivity index (χ1v) is 7.54. The minimum atomic E-state index is -0.179. The van der Waals surface area contributed by atoms with Gasteiger partial charge in [0.1, 0.15) is 5.82 Å². The predicted octanol–water partition coefficient (Wildman–Crippen LogP) is 2.51. The molecule has 2 saturated heterocycles. The molecule has 3 atom stereocenters. The van der Waals surface area contributed by atoms with Crippen LogP contribution in [0, 0.1) is 18.7 Å². The molecule has 110 valence electrons. The zero-order valence-corrected chi connectivity index (χ0v) is 12.3. The van der Waals surface area contributed by atoms with Gasteiger partial charge in [-0.25, -0.2) is 4.39 Å². The van der Waals surface area contributed by atoms with Crippen LogP contribution >= 0.6 is 0 Å². The summed E-state index contributed by atoms with van der Waals surface area (Å²) >= 11 is 0. The van der Waals surface area contributed by atoms with Crippen LogP contribution in [-0.4, -0.2) is 24.0 Å². The Morgan fingerprint density at radius 1 is 1.30 bits per heavy atom. The van der Waals surface area contributed by atoms with E-state index in [1.54, 1.807) is 6.07 Å². The zero-order valence-electron chi connectivity index (χ0n) is 12.3. The number of benzene rings is 1. The van der Waals surface area contributed by atoms with Gasteiger partial charge < -0.3 is 4.90 Å². The van der Waals surface area contributed by atoms with E-state index in [0.717, 1.165) is 24.0 Å². The average Bonchev–Trinajstić information content (AvgIpc) is 2.66. The van der Waals surface area contributed by atoms with Gasteiger partial charge in [0, 0.05) is 18.1 Å². The molecule has 3 rings (SSSR count). The molecule has 0 aliphatic carbocycles. The van der Waals surface area contributed by atoms with Crippen molar-refractivity contribution in [3.05, 3.63) is 35.1 Å². The molecule has 3 unspecified atom stereocenters. The van der Waals surface area contributed by atoms with E-state index >= 15 is 0 Å². The fourth-order valence-electron chi connectivity index (χ4n) is 4.15. The molecule has 2 fully saturated rings. The Bertz CT molecular complexity index is 477. The molecule has 3 N–H and O–H groups in total. The molecule has 3 nitrogen and oxygen atoms in total. The van der Waals surface area contributed by atoms with Crippen LogP contribution in [0.3, 0.4) is 0 Å². The summed E-state index contributed by atoms with van der Waals surface area (Å²) in [6, 6.07) is 6.40. The summed E-state index contributed by atoms with van der Waals surface area (Å²) in [5.41, 5.74) is 5.08. The predicted molar refractivity (Wildman–Crippen MR) is 78.5 cm³/mol. The number of nitrogens with one attached hydrogen (secondary N) is 1. The first kappa shape index (κ1) is 14.0. The van der Waals surface area contributed by atoms with Crippen LogP contribution in [0.25, 0.3) is 0 Å². The molecule has 2 aliphatic rings. The molecule has 20 heavy (non-hydrogen) atoms. The number of hydrogen-bond acceptors (Lipinski definition) is 3. The number of nitrogens with two attached hydrogens (primary N) is 1. The van der Waals surface area contributed by atoms with Crippen molar-refractivity contribution in [3.63, 3.8) is 0 Å². The van der Waals surface area contributed by atoms with Crippen LogP contribution in [0.5, 0.6) is 0 Å². The first-order valence-electron chi connectivity index (χ1n) is 7.54. The minimum Gasteiger partial charge on any atom is -0.300 e. The van der Waals surface area contributed by atoms with Crippen molar-refractivity contribution in [1.29, 1.82) is 0 Å². The molecule has 0 saturated carbocycles. The van der Waals surface area contributed by atoms with Crippen molar-refractivity contribution in [2.24, 2.45) is 11.8 Å². The number of aryl methyl sites for hydroxylation is 1.